The Morgan fingerprint density at radius 2 is 1.66 bits per heavy atom. The Balaban J connectivity index is 1.26. The maximum Gasteiger partial charge on any atom is 0.410 e. The van der Waals surface area contributed by atoms with E-state index in [1.54, 1.807) is 0 Å². The van der Waals surface area contributed by atoms with Crippen LogP contribution in [0, 0.1) is 5.92 Å². The molecular weight excluding hydrogens is 406 g/mol. The summed E-state index contributed by atoms with van der Waals surface area (Å²) in [6.07, 6.45) is 4.65. The predicted octanol–water partition coefficient (Wildman–Crippen LogP) is 4.41. The number of benzene rings is 1. The van der Waals surface area contributed by atoms with Crippen molar-refractivity contribution in [3.8, 4) is 0 Å². The van der Waals surface area contributed by atoms with Gasteiger partial charge in [0.1, 0.15) is 12.2 Å². The Hall–Kier alpha value is -2.28. The van der Waals surface area contributed by atoms with E-state index in [9.17, 15) is 9.59 Å². The molecule has 0 aromatic heterocycles. The van der Waals surface area contributed by atoms with Crippen molar-refractivity contribution in [2.45, 2.75) is 71.1 Å². The molecule has 2 aliphatic rings. The van der Waals surface area contributed by atoms with Gasteiger partial charge < -0.3 is 24.6 Å². The molecule has 0 bridgehead atoms. The minimum atomic E-state index is -0.437. The standard InChI is InChI=1S/C25H39N3O4/c1-25(2,3)32-24(30)28-17-10-20(11-18-28)9-14-27-15-12-22(13-16-27)26-23(29)31-19-21-7-5-4-6-8-21/h4-8,20,22H,9-19H2,1-3H3,(H,26,29). The van der Waals surface area contributed by atoms with Gasteiger partial charge in [0.25, 0.3) is 0 Å². The third-order valence-electron chi connectivity index (χ3n) is 6.24. The van der Waals surface area contributed by atoms with E-state index < -0.39 is 5.60 Å². The second-order valence-electron chi connectivity index (χ2n) is 10.0. The minimum Gasteiger partial charge on any atom is -0.445 e. The van der Waals surface area contributed by atoms with Crippen molar-refractivity contribution in [2.75, 3.05) is 32.7 Å². The summed E-state index contributed by atoms with van der Waals surface area (Å²) >= 11 is 0. The highest BCUT2D eigenvalue weighted by Gasteiger charge is 2.27. The lowest BCUT2D eigenvalue weighted by Crippen LogP contribution is -2.45. The summed E-state index contributed by atoms with van der Waals surface area (Å²) in [6.45, 7) is 10.7. The molecule has 1 aromatic rings. The van der Waals surface area contributed by atoms with Gasteiger partial charge in [-0.3, -0.25) is 0 Å². The van der Waals surface area contributed by atoms with Crippen LogP contribution in [0.15, 0.2) is 30.3 Å². The topological polar surface area (TPSA) is 71.1 Å². The fourth-order valence-corrected chi connectivity index (χ4v) is 4.33. The lowest BCUT2D eigenvalue weighted by Gasteiger charge is -2.36. The number of hydrogen-bond acceptors (Lipinski definition) is 5. The van der Waals surface area contributed by atoms with E-state index in [0.717, 1.165) is 64.0 Å². The average Bonchev–Trinajstić information content (AvgIpc) is 2.77. The molecule has 0 atom stereocenters. The van der Waals surface area contributed by atoms with Crippen molar-refractivity contribution < 1.29 is 19.1 Å². The Kier molecular flexibility index (Phi) is 8.79. The summed E-state index contributed by atoms with van der Waals surface area (Å²) in [6, 6.07) is 9.92. The first-order valence-corrected chi connectivity index (χ1v) is 12.0. The normalized spacial score (nSPS) is 18.9. The smallest absolute Gasteiger partial charge is 0.410 e. The first kappa shape index (κ1) is 24.4. The summed E-state index contributed by atoms with van der Waals surface area (Å²) in [5, 5.41) is 3.01. The molecule has 1 N–H and O–H groups in total. The van der Waals surface area contributed by atoms with E-state index in [-0.39, 0.29) is 18.2 Å². The fourth-order valence-electron chi connectivity index (χ4n) is 4.33. The van der Waals surface area contributed by atoms with E-state index in [1.807, 2.05) is 56.0 Å². The van der Waals surface area contributed by atoms with E-state index in [1.165, 1.54) is 6.42 Å². The first-order chi connectivity index (χ1) is 15.3. The molecule has 0 unspecified atom stereocenters. The van der Waals surface area contributed by atoms with Crippen LogP contribution in [0.2, 0.25) is 0 Å². The van der Waals surface area contributed by atoms with E-state index >= 15 is 0 Å². The van der Waals surface area contributed by atoms with Gasteiger partial charge in [-0.2, -0.15) is 0 Å². The van der Waals surface area contributed by atoms with E-state index in [0.29, 0.717) is 12.5 Å². The Bertz CT molecular complexity index is 718. The molecule has 32 heavy (non-hydrogen) atoms. The van der Waals surface area contributed by atoms with Gasteiger partial charge in [-0.1, -0.05) is 30.3 Å². The van der Waals surface area contributed by atoms with Crippen molar-refractivity contribution in [3.63, 3.8) is 0 Å². The van der Waals surface area contributed by atoms with Crippen LogP contribution >= 0.6 is 0 Å². The molecular formula is C25H39N3O4. The molecule has 0 spiro atoms. The minimum absolute atomic E-state index is 0.187. The van der Waals surface area contributed by atoms with E-state index in [2.05, 4.69) is 10.2 Å². The van der Waals surface area contributed by atoms with Crippen molar-refractivity contribution in [2.24, 2.45) is 5.92 Å². The number of ether oxygens (including phenoxy) is 2. The molecule has 2 amide bonds. The fraction of sp³-hybridized carbons (Fsp3) is 0.680. The molecule has 2 saturated heterocycles. The second kappa shape index (κ2) is 11.5. The van der Waals surface area contributed by atoms with Gasteiger partial charge in [-0.15, -0.1) is 0 Å². The van der Waals surface area contributed by atoms with Gasteiger partial charge in [-0.05, 0) is 70.9 Å². The zero-order valence-corrected chi connectivity index (χ0v) is 19.8. The summed E-state index contributed by atoms with van der Waals surface area (Å²) in [7, 11) is 0. The van der Waals surface area contributed by atoms with Crippen molar-refractivity contribution in [1.29, 1.82) is 0 Å². The van der Waals surface area contributed by atoms with Gasteiger partial charge in [0.2, 0.25) is 0 Å². The number of nitrogens with zero attached hydrogens (tertiary/aromatic N) is 2. The molecule has 178 valence electrons. The molecule has 3 rings (SSSR count). The monoisotopic (exact) mass is 445 g/mol. The number of hydrogen-bond donors (Lipinski definition) is 1. The number of nitrogens with one attached hydrogen (secondary N) is 1. The molecule has 7 nitrogen and oxygen atoms in total. The van der Waals surface area contributed by atoms with Gasteiger partial charge >= 0.3 is 12.2 Å². The molecule has 1 aromatic carbocycles. The number of piperidine rings is 2. The van der Waals surface area contributed by atoms with Gasteiger partial charge in [0.15, 0.2) is 0 Å². The van der Waals surface area contributed by atoms with Crippen molar-refractivity contribution >= 4 is 12.2 Å². The second-order valence-corrected chi connectivity index (χ2v) is 10.0. The third-order valence-corrected chi connectivity index (χ3v) is 6.24. The highest BCUT2D eigenvalue weighted by Crippen LogP contribution is 2.23. The summed E-state index contributed by atoms with van der Waals surface area (Å²) < 4.78 is 10.8. The third kappa shape index (κ3) is 8.34. The van der Waals surface area contributed by atoms with Crippen LogP contribution in [0.3, 0.4) is 0 Å². The summed E-state index contributed by atoms with van der Waals surface area (Å²) in [5.41, 5.74) is 0.558. The van der Waals surface area contributed by atoms with Crippen LogP contribution < -0.4 is 5.32 Å². The molecule has 2 aliphatic heterocycles. The maximum atomic E-state index is 12.2. The number of alkyl carbamates (subject to hydrolysis) is 1. The Morgan fingerprint density at radius 1 is 1.00 bits per heavy atom. The van der Waals surface area contributed by atoms with Gasteiger partial charge in [0, 0.05) is 32.2 Å². The van der Waals surface area contributed by atoms with Crippen LogP contribution in [0.4, 0.5) is 9.59 Å². The molecule has 7 heteroatoms. The lowest BCUT2D eigenvalue weighted by molar-refractivity contribution is 0.0177. The molecule has 0 saturated carbocycles. The van der Waals surface area contributed by atoms with Gasteiger partial charge in [-0.25, -0.2) is 9.59 Å². The van der Waals surface area contributed by atoms with Crippen LogP contribution in [0.1, 0.15) is 58.4 Å². The lowest BCUT2D eigenvalue weighted by atomic mass is 9.93. The predicted molar refractivity (Wildman–Crippen MR) is 124 cm³/mol. The zero-order chi connectivity index (χ0) is 23.0. The van der Waals surface area contributed by atoms with Crippen LogP contribution in [-0.4, -0.2) is 66.4 Å². The van der Waals surface area contributed by atoms with E-state index in [4.69, 9.17) is 9.47 Å². The number of likely N-dealkylation sites (tertiary alicyclic amines) is 2. The van der Waals surface area contributed by atoms with Crippen LogP contribution in [-0.2, 0) is 16.1 Å². The first-order valence-electron chi connectivity index (χ1n) is 12.0. The number of carbonyl (C=O) groups is 2. The van der Waals surface area contributed by atoms with Gasteiger partial charge in [0.05, 0.1) is 0 Å². The SMILES string of the molecule is CC(C)(C)OC(=O)N1CCC(CCN2CCC(NC(=O)OCc3ccccc3)CC2)CC1. The summed E-state index contributed by atoms with van der Waals surface area (Å²) in [5.74, 6) is 0.664. The molecule has 2 fully saturated rings. The average molecular weight is 446 g/mol. The number of carbonyl (C=O) groups excluding carboxylic acids is 2. The quantitative estimate of drug-likeness (QED) is 0.702. The van der Waals surface area contributed by atoms with Crippen molar-refractivity contribution in [1.82, 2.24) is 15.1 Å². The van der Waals surface area contributed by atoms with Crippen LogP contribution in [0.25, 0.3) is 0 Å². The van der Waals surface area contributed by atoms with Crippen molar-refractivity contribution in [3.05, 3.63) is 35.9 Å². The Labute approximate surface area is 192 Å². The maximum absolute atomic E-state index is 12.2. The highest BCUT2D eigenvalue weighted by molar-refractivity contribution is 5.68. The molecule has 0 aliphatic carbocycles. The Morgan fingerprint density at radius 3 is 2.28 bits per heavy atom. The largest absolute Gasteiger partial charge is 0.445 e. The molecule has 0 radical (unpaired) electrons. The highest BCUT2D eigenvalue weighted by atomic mass is 16.6. The molecule has 2 heterocycles. The number of rotatable bonds is 6. The van der Waals surface area contributed by atoms with Crippen LogP contribution in [0.5, 0.6) is 0 Å². The number of amides is 2. The summed E-state index contributed by atoms with van der Waals surface area (Å²) in [4.78, 5) is 28.6. The zero-order valence-electron chi connectivity index (χ0n) is 19.8.